The van der Waals surface area contributed by atoms with E-state index >= 15 is 0 Å². The van der Waals surface area contributed by atoms with Gasteiger partial charge in [0, 0.05) is 18.9 Å². The van der Waals surface area contributed by atoms with Gasteiger partial charge in [0.25, 0.3) is 0 Å². The van der Waals surface area contributed by atoms with Crippen LogP contribution < -0.4 is 0 Å². The van der Waals surface area contributed by atoms with Crippen molar-refractivity contribution in [2.45, 2.75) is 32.2 Å². The summed E-state index contributed by atoms with van der Waals surface area (Å²) in [4.78, 5) is 11.5. The van der Waals surface area contributed by atoms with E-state index < -0.39 is 5.79 Å². The van der Waals surface area contributed by atoms with Crippen molar-refractivity contribution in [2.75, 3.05) is 6.61 Å². The van der Waals surface area contributed by atoms with Gasteiger partial charge in [0.1, 0.15) is 0 Å². The molecule has 2 aromatic carbocycles. The quantitative estimate of drug-likeness (QED) is 0.671. The molecule has 1 aliphatic rings. The lowest BCUT2D eigenvalue weighted by atomic mass is 9.91. The highest BCUT2D eigenvalue weighted by atomic mass is 16.6. The van der Waals surface area contributed by atoms with Crippen molar-refractivity contribution in [3.8, 4) is 0 Å². The van der Waals surface area contributed by atoms with Crippen LogP contribution in [0, 0.1) is 0 Å². The SMILES string of the molecule is CCOC(=O)/C=C/c1ccccc1CC1(O)Cc2ccccc2CO1. The Morgan fingerprint density at radius 3 is 2.72 bits per heavy atom. The minimum absolute atomic E-state index is 0.345. The molecule has 0 saturated heterocycles. The highest BCUT2D eigenvalue weighted by molar-refractivity contribution is 5.87. The molecule has 0 bridgehead atoms. The van der Waals surface area contributed by atoms with E-state index in [0.717, 1.165) is 22.3 Å². The molecule has 0 aromatic heterocycles. The molecule has 2 aromatic rings. The van der Waals surface area contributed by atoms with Crippen molar-refractivity contribution in [1.82, 2.24) is 0 Å². The zero-order valence-corrected chi connectivity index (χ0v) is 14.3. The van der Waals surface area contributed by atoms with Crippen molar-refractivity contribution < 1.29 is 19.4 Å². The van der Waals surface area contributed by atoms with Crippen LogP contribution in [0.5, 0.6) is 0 Å². The molecule has 0 saturated carbocycles. The van der Waals surface area contributed by atoms with Gasteiger partial charge < -0.3 is 14.6 Å². The molecule has 1 heterocycles. The number of benzene rings is 2. The Bertz CT molecular complexity index is 781. The number of fused-ring (bicyclic) bond motifs is 1. The number of carbonyl (C=O) groups excluding carboxylic acids is 1. The molecule has 1 unspecified atom stereocenters. The fourth-order valence-corrected chi connectivity index (χ4v) is 3.05. The largest absolute Gasteiger partial charge is 0.463 e. The minimum Gasteiger partial charge on any atom is -0.463 e. The first kappa shape index (κ1) is 17.4. The molecule has 3 rings (SSSR count). The molecule has 0 spiro atoms. The summed E-state index contributed by atoms with van der Waals surface area (Å²) in [6, 6.07) is 15.6. The van der Waals surface area contributed by atoms with Crippen LogP contribution in [0.4, 0.5) is 0 Å². The first-order chi connectivity index (χ1) is 12.1. The zero-order chi connectivity index (χ0) is 17.7. The molecule has 0 amide bonds. The van der Waals surface area contributed by atoms with Gasteiger partial charge in [-0.05, 0) is 35.3 Å². The van der Waals surface area contributed by atoms with Crippen LogP contribution in [0.3, 0.4) is 0 Å². The molecular formula is C21H22O4. The minimum atomic E-state index is -1.25. The number of carbonyl (C=O) groups is 1. The van der Waals surface area contributed by atoms with E-state index in [9.17, 15) is 9.90 Å². The maximum atomic E-state index is 11.5. The average Bonchev–Trinajstić information content (AvgIpc) is 2.61. The number of aliphatic hydroxyl groups is 1. The van der Waals surface area contributed by atoms with Crippen molar-refractivity contribution in [3.63, 3.8) is 0 Å². The molecule has 0 fully saturated rings. The molecular weight excluding hydrogens is 316 g/mol. The summed E-state index contributed by atoms with van der Waals surface area (Å²) in [7, 11) is 0. The van der Waals surface area contributed by atoms with Crippen LogP contribution >= 0.6 is 0 Å². The Hall–Kier alpha value is -2.43. The molecule has 1 atom stereocenters. The second kappa shape index (κ2) is 7.64. The maximum absolute atomic E-state index is 11.5. The van der Waals surface area contributed by atoms with E-state index in [1.54, 1.807) is 13.0 Å². The van der Waals surface area contributed by atoms with Gasteiger partial charge in [-0.3, -0.25) is 0 Å². The van der Waals surface area contributed by atoms with E-state index in [2.05, 4.69) is 0 Å². The Labute approximate surface area is 147 Å². The zero-order valence-electron chi connectivity index (χ0n) is 14.3. The van der Waals surface area contributed by atoms with Crippen LogP contribution in [-0.4, -0.2) is 23.5 Å². The number of hydrogen-bond acceptors (Lipinski definition) is 4. The molecule has 1 N–H and O–H groups in total. The van der Waals surface area contributed by atoms with E-state index in [1.165, 1.54) is 6.08 Å². The average molecular weight is 338 g/mol. The topological polar surface area (TPSA) is 55.8 Å². The summed E-state index contributed by atoms with van der Waals surface area (Å²) in [5.41, 5.74) is 4.01. The highest BCUT2D eigenvalue weighted by Crippen LogP contribution is 2.30. The third-order valence-electron chi connectivity index (χ3n) is 4.29. The van der Waals surface area contributed by atoms with Crippen molar-refractivity contribution in [1.29, 1.82) is 0 Å². The van der Waals surface area contributed by atoms with Gasteiger partial charge in [0.05, 0.1) is 13.2 Å². The van der Waals surface area contributed by atoms with Crippen molar-refractivity contribution in [3.05, 3.63) is 76.9 Å². The monoisotopic (exact) mass is 338 g/mol. The third-order valence-corrected chi connectivity index (χ3v) is 4.29. The summed E-state index contributed by atoms with van der Waals surface area (Å²) in [6.45, 7) is 2.51. The second-order valence-corrected chi connectivity index (χ2v) is 6.14. The van der Waals surface area contributed by atoms with Gasteiger partial charge in [-0.15, -0.1) is 0 Å². The lowest BCUT2D eigenvalue weighted by Gasteiger charge is -2.34. The van der Waals surface area contributed by atoms with Crippen molar-refractivity contribution >= 4 is 12.0 Å². The first-order valence-corrected chi connectivity index (χ1v) is 8.45. The van der Waals surface area contributed by atoms with Gasteiger partial charge in [-0.1, -0.05) is 48.5 Å². The summed E-state index contributed by atoms with van der Waals surface area (Å²) in [5, 5.41) is 10.9. The van der Waals surface area contributed by atoms with E-state index in [-0.39, 0.29) is 5.97 Å². The Kier molecular flexibility index (Phi) is 5.31. The number of ether oxygens (including phenoxy) is 2. The molecule has 130 valence electrons. The lowest BCUT2D eigenvalue weighted by Crippen LogP contribution is -2.40. The van der Waals surface area contributed by atoms with Crippen LogP contribution in [0.2, 0.25) is 0 Å². The Morgan fingerprint density at radius 1 is 1.20 bits per heavy atom. The molecule has 4 heteroatoms. The lowest BCUT2D eigenvalue weighted by molar-refractivity contribution is -0.216. The van der Waals surface area contributed by atoms with E-state index in [4.69, 9.17) is 9.47 Å². The molecule has 25 heavy (non-hydrogen) atoms. The fourth-order valence-electron chi connectivity index (χ4n) is 3.05. The maximum Gasteiger partial charge on any atom is 0.330 e. The number of rotatable bonds is 5. The standard InChI is InChI=1S/C21H22O4/c1-2-24-20(22)12-11-16-7-3-4-8-17(16)13-21(23)14-18-9-5-6-10-19(18)15-25-21/h3-12,23H,2,13-15H2,1H3/b12-11+. The van der Waals surface area contributed by atoms with Gasteiger partial charge in [-0.25, -0.2) is 4.79 Å². The van der Waals surface area contributed by atoms with Crippen molar-refractivity contribution in [2.24, 2.45) is 0 Å². The summed E-state index contributed by atoms with van der Waals surface area (Å²) < 4.78 is 10.7. The first-order valence-electron chi connectivity index (χ1n) is 8.45. The van der Waals surface area contributed by atoms with Gasteiger partial charge in [0.15, 0.2) is 5.79 Å². The van der Waals surface area contributed by atoms with Crippen LogP contribution in [0.1, 0.15) is 29.2 Å². The molecule has 0 radical (unpaired) electrons. The van der Waals surface area contributed by atoms with Crippen LogP contribution in [0.25, 0.3) is 6.08 Å². The molecule has 0 aliphatic carbocycles. The Morgan fingerprint density at radius 2 is 1.92 bits per heavy atom. The van der Waals surface area contributed by atoms with Gasteiger partial charge >= 0.3 is 5.97 Å². The fraction of sp³-hybridized carbons (Fsp3) is 0.286. The van der Waals surface area contributed by atoms with Gasteiger partial charge in [0.2, 0.25) is 0 Å². The van der Waals surface area contributed by atoms with Crippen LogP contribution in [-0.2, 0) is 33.7 Å². The normalized spacial score (nSPS) is 19.6. The van der Waals surface area contributed by atoms with Crippen LogP contribution in [0.15, 0.2) is 54.6 Å². The summed E-state index contributed by atoms with van der Waals surface area (Å²) >= 11 is 0. The van der Waals surface area contributed by atoms with E-state index in [1.807, 2.05) is 48.5 Å². The molecule has 4 nitrogen and oxygen atoms in total. The second-order valence-electron chi connectivity index (χ2n) is 6.14. The van der Waals surface area contributed by atoms with E-state index in [0.29, 0.717) is 26.1 Å². The van der Waals surface area contributed by atoms with Gasteiger partial charge in [-0.2, -0.15) is 0 Å². The number of hydrogen-bond donors (Lipinski definition) is 1. The smallest absolute Gasteiger partial charge is 0.330 e. The third kappa shape index (κ3) is 4.35. The highest BCUT2D eigenvalue weighted by Gasteiger charge is 2.33. The predicted molar refractivity (Wildman–Crippen MR) is 95.7 cm³/mol. The predicted octanol–water partition coefficient (Wildman–Crippen LogP) is 3.27. The number of esters is 1. The summed E-state index contributed by atoms with van der Waals surface area (Å²) in [6.07, 6.45) is 3.92. The summed E-state index contributed by atoms with van der Waals surface area (Å²) in [5.74, 6) is -1.62. The Balaban J connectivity index is 1.78. The molecule has 1 aliphatic heterocycles.